The molecular weight excluding hydrogens is 263 g/mol. The SMILES string of the molecule is CCn1nnc(I)c1[N+](=O)[O-]. The van der Waals surface area contributed by atoms with Crippen molar-refractivity contribution in [2.24, 2.45) is 0 Å². The highest BCUT2D eigenvalue weighted by Gasteiger charge is 2.19. The highest BCUT2D eigenvalue weighted by atomic mass is 127. The second kappa shape index (κ2) is 3.11. The van der Waals surface area contributed by atoms with Gasteiger partial charge in [0.05, 0.1) is 0 Å². The Bertz CT molecular complexity index is 284. The molecule has 0 spiro atoms. The lowest BCUT2D eigenvalue weighted by atomic mass is 10.7. The van der Waals surface area contributed by atoms with Gasteiger partial charge >= 0.3 is 5.82 Å². The van der Waals surface area contributed by atoms with Gasteiger partial charge in [0.2, 0.25) is 3.70 Å². The zero-order chi connectivity index (χ0) is 8.43. The normalized spacial score (nSPS) is 10.0. The van der Waals surface area contributed by atoms with Crippen molar-refractivity contribution >= 4 is 28.4 Å². The summed E-state index contributed by atoms with van der Waals surface area (Å²) >= 11 is 1.78. The first-order valence-corrected chi connectivity index (χ1v) is 3.98. The lowest BCUT2D eigenvalue weighted by Crippen LogP contribution is -2.02. The van der Waals surface area contributed by atoms with Crippen LogP contribution in [0.15, 0.2) is 0 Å². The summed E-state index contributed by atoms with van der Waals surface area (Å²) in [6, 6.07) is 0. The maximum absolute atomic E-state index is 10.4. The smallest absolute Gasteiger partial charge is 0.358 e. The minimum Gasteiger partial charge on any atom is -0.358 e. The minimum absolute atomic E-state index is 0.0342. The highest BCUT2D eigenvalue weighted by Crippen LogP contribution is 2.16. The van der Waals surface area contributed by atoms with E-state index in [1.165, 1.54) is 4.68 Å². The van der Waals surface area contributed by atoms with Gasteiger partial charge in [-0.2, -0.15) is 0 Å². The second-order valence-electron chi connectivity index (χ2n) is 1.78. The molecule has 0 aliphatic rings. The van der Waals surface area contributed by atoms with Crippen molar-refractivity contribution in [2.75, 3.05) is 0 Å². The summed E-state index contributed by atoms with van der Waals surface area (Å²) in [7, 11) is 0. The third-order valence-corrected chi connectivity index (χ3v) is 1.84. The van der Waals surface area contributed by atoms with Crippen molar-refractivity contribution in [3.63, 3.8) is 0 Å². The van der Waals surface area contributed by atoms with Gasteiger partial charge in [0.15, 0.2) is 0 Å². The van der Waals surface area contributed by atoms with Crippen LogP contribution in [0.3, 0.4) is 0 Å². The van der Waals surface area contributed by atoms with Gasteiger partial charge < -0.3 is 10.1 Å². The first kappa shape index (κ1) is 8.37. The highest BCUT2D eigenvalue weighted by molar-refractivity contribution is 14.1. The van der Waals surface area contributed by atoms with Crippen LogP contribution in [0.5, 0.6) is 0 Å². The molecule has 0 saturated heterocycles. The first-order chi connectivity index (χ1) is 5.16. The molecule has 11 heavy (non-hydrogen) atoms. The van der Waals surface area contributed by atoms with Gasteiger partial charge in [-0.15, -0.1) is 4.68 Å². The topological polar surface area (TPSA) is 73.8 Å². The zero-order valence-corrected chi connectivity index (χ0v) is 7.85. The van der Waals surface area contributed by atoms with Gasteiger partial charge in [0.1, 0.15) is 6.54 Å². The Morgan fingerprint density at radius 1 is 1.82 bits per heavy atom. The van der Waals surface area contributed by atoms with Crippen LogP contribution in [0.1, 0.15) is 6.92 Å². The van der Waals surface area contributed by atoms with Crippen molar-refractivity contribution in [3.8, 4) is 0 Å². The number of halogens is 1. The van der Waals surface area contributed by atoms with Crippen molar-refractivity contribution in [2.45, 2.75) is 13.5 Å². The molecule has 0 aromatic carbocycles. The minimum atomic E-state index is -0.481. The van der Waals surface area contributed by atoms with E-state index in [1.807, 2.05) is 0 Å². The summed E-state index contributed by atoms with van der Waals surface area (Å²) in [6.07, 6.45) is 0. The van der Waals surface area contributed by atoms with Crippen molar-refractivity contribution in [3.05, 3.63) is 13.8 Å². The van der Waals surface area contributed by atoms with E-state index in [9.17, 15) is 10.1 Å². The van der Waals surface area contributed by atoms with Crippen LogP contribution in [0, 0.1) is 13.8 Å². The predicted molar refractivity (Wildman–Crippen MR) is 45.1 cm³/mol. The molecule has 0 saturated carbocycles. The molecule has 6 nitrogen and oxygen atoms in total. The molecule has 7 heteroatoms. The van der Waals surface area contributed by atoms with Gasteiger partial charge in [-0.25, -0.2) is 0 Å². The van der Waals surface area contributed by atoms with E-state index in [0.29, 0.717) is 10.2 Å². The lowest BCUT2D eigenvalue weighted by molar-refractivity contribution is -0.393. The Kier molecular flexibility index (Phi) is 2.37. The Morgan fingerprint density at radius 2 is 2.45 bits per heavy atom. The van der Waals surface area contributed by atoms with Crippen LogP contribution >= 0.6 is 22.6 Å². The first-order valence-electron chi connectivity index (χ1n) is 2.90. The fraction of sp³-hybridized carbons (Fsp3) is 0.500. The quantitative estimate of drug-likeness (QED) is 0.452. The van der Waals surface area contributed by atoms with Gasteiger partial charge in [-0.05, 0) is 34.4 Å². The van der Waals surface area contributed by atoms with E-state index in [0.717, 1.165) is 0 Å². The maximum Gasteiger partial charge on any atom is 0.378 e. The average molecular weight is 268 g/mol. The Balaban J connectivity index is 3.17. The van der Waals surface area contributed by atoms with Gasteiger partial charge in [-0.3, -0.25) is 0 Å². The van der Waals surface area contributed by atoms with Crippen LogP contribution in [0.4, 0.5) is 5.82 Å². The summed E-state index contributed by atoms with van der Waals surface area (Å²) in [6.45, 7) is 2.24. The molecule has 1 rings (SSSR count). The summed E-state index contributed by atoms with van der Waals surface area (Å²) in [4.78, 5) is 9.88. The molecular formula is C4H5IN4O2. The summed E-state index contributed by atoms with van der Waals surface area (Å²) < 4.78 is 1.58. The molecule has 0 amide bonds. The van der Waals surface area contributed by atoms with Crippen LogP contribution < -0.4 is 0 Å². The van der Waals surface area contributed by atoms with Gasteiger partial charge in [0, 0.05) is 5.21 Å². The van der Waals surface area contributed by atoms with Crippen LogP contribution in [-0.4, -0.2) is 19.9 Å². The van der Waals surface area contributed by atoms with Gasteiger partial charge in [-0.1, -0.05) is 5.10 Å². The number of nitro groups is 1. The molecule has 0 fully saturated rings. The third-order valence-electron chi connectivity index (χ3n) is 1.14. The number of rotatable bonds is 2. The Morgan fingerprint density at radius 3 is 2.82 bits per heavy atom. The fourth-order valence-corrected chi connectivity index (χ4v) is 1.24. The largest absolute Gasteiger partial charge is 0.378 e. The standard InChI is InChI=1S/C4H5IN4O2/c1-2-8-4(9(10)11)3(5)6-7-8/h2H2,1H3. The molecule has 0 N–H and O–H groups in total. The summed E-state index contributed by atoms with van der Waals surface area (Å²) in [5, 5.41) is 17.5. The van der Waals surface area contributed by atoms with E-state index >= 15 is 0 Å². The Hall–Kier alpha value is -0.730. The van der Waals surface area contributed by atoms with E-state index < -0.39 is 4.92 Å². The molecule has 0 bridgehead atoms. The second-order valence-corrected chi connectivity index (χ2v) is 2.80. The monoisotopic (exact) mass is 268 g/mol. The molecule has 1 aromatic heterocycles. The number of nitrogens with zero attached hydrogens (tertiary/aromatic N) is 4. The molecule has 60 valence electrons. The molecule has 0 radical (unpaired) electrons. The molecule has 1 aromatic rings. The number of hydrogen-bond donors (Lipinski definition) is 0. The summed E-state index contributed by atoms with van der Waals surface area (Å²) in [5.41, 5.74) is 0. The fourth-order valence-electron chi connectivity index (χ4n) is 0.669. The molecule has 0 unspecified atom stereocenters. The van der Waals surface area contributed by atoms with E-state index in [2.05, 4.69) is 10.3 Å². The van der Waals surface area contributed by atoms with Crippen LogP contribution in [0.25, 0.3) is 0 Å². The van der Waals surface area contributed by atoms with Crippen molar-refractivity contribution < 1.29 is 4.92 Å². The lowest BCUT2D eigenvalue weighted by Gasteiger charge is -1.92. The predicted octanol–water partition coefficient (Wildman–Crippen LogP) is 0.811. The van der Waals surface area contributed by atoms with Crippen molar-refractivity contribution in [1.29, 1.82) is 0 Å². The average Bonchev–Trinajstić information content (AvgIpc) is 2.30. The number of hydrogen-bond acceptors (Lipinski definition) is 4. The Labute approximate surface area is 75.9 Å². The molecule has 0 atom stereocenters. The van der Waals surface area contributed by atoms with E-state index in [4.69, 9.17) is 0 Å². The molecule has 1 heterocycles. The third kappa shape index (κ3) is 1.47. The van der Waals surface area contributed by atoms with Crippen LogP contribution in [0.2, 0.25) is 0 Å². The van der Waals surface area contributed by atoms with Crippen molar-refractivity contribution in [1.82, 2.24) is 15.0 Å². The molecule has 0 aliphatic heterocycles. The maximum atomic E-state index is 10.4. The molecule has 0 aliphatic carbocycles. The van der Waals surface area contributed by atoms with Crippen LogP contribution in [-0.2, 0) is 6.54 Å². The number of aromatic nitrogens is 3. The summed E-state index contributed by atoms with van der Waals surface area (Å²) in [5.74, 6) is -0.0342. The zero-order valence-electron chi connectivity index (χ0n) is 5.69. The van der Waals surface area contributed by atoms with Gasteiger partial charge in [0.25, 0.3) is 0 Å². The van der Waals surface area contributed by atoms with E-state index in [-0.39, 0.29) is 5.82 Å². The van der Waals surface area contributed by atoms with E-state index in [1.54, 1.807) is 29.5 Å². The number of aryl methyl sites for hydroxylation is 1.